The molecule has 138 valence electrons. The number of benzene rings is 1. The predicted molar refractivity (Wildman–Crippen MR) is 91.6 cm³/mol. The highest BCUT2D eigenvalue weighted by molar-refractivity contribution is 6.00. The summed E-state index contributed by atoms with van der Waals surface area (Å²) in [6.45, 7) is 2.14. The van der Waals surface area contributed by atoms with Crippen LogP contribution in [-0.2, 0) is 0 Å². The lowest BCUT2D eigenvalue weighted by atomic mass is 9.87. The zero-order chi connectivity index (χ0) is 18.6. The third-order valence-electron chi connectivity index (χ3n) is 4.50. The quantitative estimate of drug-likeness (QED) is 0.624. The highest BCUT2D eigenvalue weighted by Gasteiger charge is 2.33. The van der Waals surface area contributed by atoms with Crippen LogP contribution in [0.1, 0.15) is 43.0 Å². The van der Waals surface area contributed by atoms with E-state index in [1.54, 1.807) is 0 Å². The van der Waals surface area contributed by atoms with Crippen LogP contribution in [0.4, 0.5) is 5.69 Å². The number of nitrogens with one attached hydrogen (secondary N) is 1. The van der Waals surface area contributed by atoms with Crippen LogP contribution >= 0.6 is 0 Å². The van der Waals surface area contributed by atoms with Crippen LogP contribution in [0.15, 0.2) is 6.07 Å². The summed E-state index contributed by atoms with van der Waals surface area (Å²) in [4.78, 5) is 23.6. The van der Waals surface area contributed by atoms with E-state index in [4.69, 9.17) is 14.2 Å². The molecule has 8 heteroatoms. The van der Waals surface area contributed by atoms with Crippen LogP contribution < -0.4 is 19.5 Å². The van der Waals surface area contributed by atoms with Gasteiger partial charge in [-0.05, 0) is 18.8 Å². The zero-order valence-corrected chi connectivity index (χ0v) is 15.0. The predicted octanol–water partition coefficient (Wildman–Crippen LogP) is 2.93. The average molecular weight is 352 g/mol. The molecular weight excluding hydrogens is 328 g/mol. The van der Waals surface area contributed by atoms with Gasteiger partial charge in [0.25, 0.3) is 5.91 Å². The highest BCUT2D eigenvalue weighted by Crippen LogP contribution is 2.46. The summed E-state index contributed by atoms with van der Waals surface area (Å²) < 4.78 is 15.5. The maximum Gasteiger partial charge on any atom is 0.327 e. The minimum atomic E-state index is -0.640. The van der Waals surface area contributed by atoms with E-state index in [1.807, 2.05) is 0 Å². The minimum Gasteiger partial charge on any atom is -0.493 e. The normalized spacial score (nSPS) is 19.8. The molecule has 2 atom stereocenters. The van der Waals surface area contributed by atoms with Crippen LogP contribution in [0, 0.1) is 16.0 Å². The van der Waals surface area contributed by atoms with E-state index >= 15 is 0 Å². The first kappa shape index (κ1) is 18.8. The number of nitrogens with zero attached hydrogens (tertiary/aromatic N) is 1. The molecule has 1 aliphatic rings. The Labute approximate surface area is 146 Å². The number of methoxy groups -OCH3 is 3. The Morgan fingerprint density at radius 1 is 1.20 bits per heavy atom. The van der Waals surface area contributed by atoms with Gasteiger partial charge in [-0.3, -0.25) is 14.9 Å². The number of hydrogen-bond acceptors (Lipinski definition) is 6. The van der Waals surface area contributed by atoms with Gasteiger partial charge in [0.05, 0.1) is 26.3 Å². The summed E-state index contributed by atoms with van der Waals surface area (Å²) in [7, 11) is 4.04. The molecule has 0 radical (unpaired) electrons. The van der Waals surface area contributed by atoms with E-state index in [0.717, 1.165) is 25.7 Å². The highest BCUT2D eigenvalue weighted by atomic mass is 16.6. The van der Waals surface area contributed by atoms with Gasteiger partial charge in [-0.2, -0.15) is 0 Å². The molecule has 8 nitrogen and oxygen atoms in total. The maximum absolute atomic E-state index is 12.7. The molecule has 1 N–H and O–H groups in total. The van der Waals surface area contributed by atoms with E-state index in [2.05, 4.69) is 12.2 Å². The molecular formula is C17H24N2O6. The van der Waals surface area contributed by atoms with Gasteiger partial charge in [0, 0.05) is 12.1 Å². The maximum atomic E-state index is 12.7. The Morgan fingerprint density at radius 3 is 2.40 bits per heavy atom. The lowest BCUT2D eigenvalue weighted by Gasteiger charge is -2.27. The summed E-state index contributed by atoms with van der Waals surface area (Å²) in [5.74, 6) is 0.166. The average Bonchev–Trinajstić information content (AvgIpc) is 2.59. The van der Waals surface area contributed by atoms with Crippen LogP contribution in [0.2, 0.25) is 0 Å². The van der Waals surface area contributed by atoms with Gasteiger partial charge in [0.2, 0.25) is 11.5 Å². The molecule has 0 spiro atoms. The van der Waals surface area contributed by atoms with E-state index in [0.29, 0.717) is 5.92 Å². The second kappa shape index (κ2) is 8.04. The van der Waals surface area contributed by atoms with Crippen LogP contribution in [0.25, 0.3) is 0 Å². The fraction of sp³-hybridized carbons (Fsp3) is 0.588. The molecule has 0 aromatic heterocycles. The fourth-order valence-electron chi connectivity index (χ4n) is 3.32. The number of carbonyl (C=O) groups is 1. The summed E-state index contributed by atoms with van der Waals surface area (Å²) in [5, 5.41) is 14.5. The number of rotatable bonds is 6. The van der Waals surface area contributed by atoms with E-state index < -0.39 is 16.5 Å². The molecule has 1 aromatic carbocycles. The Bertz CT molecular complexity index is 661. The van der Waals surface area contributed by atoms with Crippen molar-refractivity contribution in [3.63, 3.8) is 0 Å². The number of nitro groups is 1. The van der Waals surface area contributed by atoms with Crippen molar-refractivity contribution in [2.45, 2.75) is 38.6 Å². The van der Waals surface area contributed by atoms with Crippen molar-refractivity contribution in [1.82, 2.24) is 5.32 Å². The molecule has 2 rings (SSSR count). The van der Waals surface area contributed by atoms with Gasteiger partial charge in [-0.1, -0.05) is 19.8 Å². The standard InChI is InChI=1S/C17H24N2O6/c1-10-6-5-7-11(8-10)18-17(20)12-9-13(23-2)15(24-3)16(25-4)14(12)19(21)22/h9-11H,5-8H2,1-4H3,(H,18,20). The van der Waals surface area contributed by atoms with Crippen LogP contribution in [-0.4, -0.2) is 38.2 Å². The molecule has 0 aliphatic heterocycles. The third kappa shape index (κ3) is 3.94. The molecule has 2 unspecified atom stereocenters. The number of hydrogen-bond donors (Lipinski definition) is 1. The van der Waals surface area contributed by atoms with Crippen molar-refractivity contribution >= 4 is 11.6 Å². The Morgan fingerprint density at radius 2 is 1.88 bits per heavy atom. The van der Waals surface area contributed by atoms with Gasteiger partial charge in [-0.25, -0.2) is 0 Å². The third-order valence-corrected chi connectivity index (χ3v) is 4.50. The summed E-state index contributed by atoms with van der Waals surface area (Å²) in [6, 6.07) is 1.33. The Balaban J connectivity index is 2.44. The van der Waals surface area contributed by atoms with Crippen molar-refractivity contribution in [1.29, 1.82) is 0 Å². The smallest absolute Gasteiger partial charge is 0.327 e. The van der Waals surface area contributed by atoms with Crippen molar-refractivity contribution in [2.24, 2.45) is 5.92 Å². The molecule has 0 saturated heterocycles. The number of ether oxygens (including phenoxy) is 3. The monoisotopic (exact) mass is 352 g/mol. The van der Waals surface area contributed by atoms with Gasteiger partial charge < -0.3 is 19.5 Å². The SMILES string of the molecule is COc1cc(C(=O)NC2CCCC(C)C2)c([N+](=O)[O-])c(OC)c1OC. The largest absolute Gasteiger partial charge is 0.493 e. The zero-order valence-electron chi connectivity index (χ0n) is 15.0. The molecule has 0 heterocycles. The van der Waals surface area contributed by atoms with Crippen molar-refractivity contribution < 1.29 is 23.9 Å². The molecule has 1 fully saturated rings. The van der Waals surface area contributed by atoms with Crippen LogP contribution in [0.5, 0.6) is 17.2 Å². The molecule has 0 bridgehead atoms. The van der Waals surface area contributed by atoms with Crippen LogP contribution in [0.3, 0.4) is 0 Å². The van der Waals surface area contributed by atoms with E-state index in [-0.39, 0.29) is 28.9 Å². The second-order valence-corrected chi connectivity index (χ2v) is 6.24. The van der Waals surface area contributed by atoms with Crippen molar-refractivity contribution in [3.05, 3.63) is 21.7 Å². The minimum absolute atomic E-state index is 0.00921. The Hall–Kier alpha value is -2.51. The molecule has 1 aromatic rings. The topological polar surface area (TPSA) is 99.9 Å². The first-order valence-corrected chi connectivity index (χ1v) is 8.21. The van der Waals surface area contributed by atoms with Crippen molar-refractivity contribution in [3.8, 4) is 17.2 Å². The number of amides is 1. The first-order chi connectivity index (χ1) is 11.9. The van der Waals surface area contributed by atoms with Crippen molar-refractivity contribution in [2.75, 3.05) is 21.3 Å². The summed E-state index contributed by atoms with van der Waals surface area (Å²) in [6.07, 6.45) is 3.90. The van der Waals surface area contributed by atoms with E-state index in [1.165, 1.54) is 27.4 Å². The lowest BCUT2D eigenvalue weighted by Crippen LogP contribution is -2.38. The van der Waals surface area contributed by atoms with Gasteiger partial charge in [0.1, 0.15) is 5.56 Å². The van der Waals surface area contributed by atoms with Gasteiger partial charge in [0.15, 0.2) is 5.75 Å². The number of nitro benzene ring substituents is 1. The number of carbonyl (C=O) groups excluding carboxylic acids is 1. The van der Waals surface area contributed by atoms with E-state index in [9.17, 15) is 14.9 Å². The fourth-order valence-corrected chi connectivity index (χ4v) is 3.32. The Kier molecular flexibility index (Phi) is 6.06. The van der Waals surface area contributed by atoms with Gasteiger partial charge in [-0.15, -0.1) is 0 Å². The molecule has 25 heavy (non-hydrogen) atoms. The lowest BCUT2D eigenvalue weighted by molar-refractivity contribution is -0.386. The summed E-state index contributed by atoms with van der Waals surface area (Å²) >= 11 is 0. The summed E-state index contributed by atoms with van der Waals surface area (Å²) in [5.41, 5.74) is -0.528. The first-order valence-electron chi connectivity index (χ1n) is 8.21. The second-order valence-electron chi connectivity index (χ2n) is 6.24. The van der Waals surface area contributed by atoms with Gasteiger partial charge >= 0.3 is 5.69 Å². The molecule has 1 amide bonds. The molecule has 1 aliphatic carbocycles. The molecule has 1 saturated carbocycles.